The van der Waals surface area contributed by atoms with Crippen molar-refractivity contribution in [3.63, 3.8) is 0 Å². The molecule has 2 heterocycles. The molecule has 4 aromatic carbocycles. The number of nitrogens with zero attached hydrogens (tertiary/aromatic N) is 2. The number of methoxy groups -OCH3 is 6. The Morgan fingerprint density at radius 2 is 0.786 bits per heavy atom. The van der Waals surface area contributed by atoms with Crippen LogP contribution in [-0.2, 0) is 0 Å². The summed E-state index contributed by atoms with van der Waals surface area (Å²) in [6.45, 7) is 0. The highest BCUT2D eigenvalue weighted by molar-refractivity contribution is 7.22. The lowest BCUT2D eigenvalue weighted by Gasteiger charge is -2.13. The van der Waals surface area contributed by atoms with Crippen molar-refractivity contribution in [2.24, 2.45) is 0 Å². The van der Waals surface area contributed by atoms with Gasteiger partial charge in [-0.1, -0.05) is 24.3 Å². The maximum Gasteiger partial charge on any atom is 0.203 e. The number of ether oxygens (including phenoxy) is 6. The first-order chi connectivity index (χ1) is 20.5. The number of benzene rings is 4. The summed E-state index contributed by atoms with van der Waals surface area (Å²) in [5.74, 6) is 3.70. The fourth-order valence-electron chi connectivity index (χ4n) is 4.40. The van der Waals surface area contributed by atoms with E-state index in [1.54, 1.807) is 65.3 Å². The van der Waals surface area contributed by atoms with Crippen molar-refractivity contribution in [2.75, 3.05) is 42.7 Å². The van der Waals surface area contributed by atoms with Crippen molar-refractivity contribution < 1.29 is 28.4 Å². The number of fused-ring (bicyclic) bond motifs is 2. The lowest BCUT2D eigenvalue weighted by atomic mass is 10.2. The second kappa shape index (κ2) is 13.0. The highest BCUT2D eigenvalue weighted by Crippen LogP contribution is 2.44. The average molecular weight is 603 g/mol. The maximum absolute atomic E-state index is 5.39. The second-order valence-electron chi connectivity index (χ2n) is 8.80. The summed E-state index contributed by atoms with van der Waals surface area (Å²) in [6.07, 6.45) is 0. The number of hydrogen-bond donors (Lipinski definition) is 0. The van der Waals surface area contributed by atoms with Crippen molar-refractivity contribution in [1.29, 1.82) is 0 Å². The highest BCUT2D eigenvalue weighted by Gasteiger charge is 2.17. The zero-order valence-electron chi connectivity index (χ0n) is 24.1. The summed E-state index contributed by atoms with van der Waals surface area (Å²) in [4.78, 5) is 9.31. The van der Waals surface area contributed by atoms with Crippen LogP contribution < -0.4 is 28.4 Å². The second-order valence-corrected chi connectivity index (χ2v) is 10.9. The van der Waals surface area contributed by atoms with E-state index in [0.717, 1.165) is 41.6 Å². The molecule has 0 spiro atoms. The molecular formula is C32H30N2O6S2. The van der Waals surface area contributed by atoms with Gasteiger partial charge in [-0.15, -0.1) is 22.7 Å². The molecule has 0 fully saturated rings. The van der Waals surface area contributed by atoms with Gasteiger partial charge in [0.25, 0.3) is 0 Å². The minimum atomic E-state index is 0.588. The third kappa shape index (κ3) is 5.77. The molecule has 42 heavy (non-hydrogen) atoms. The molecule has 0 bridgehead atoms. The third-order valence-electron chi connectivity index (χ3n) is 6.41. The zero-order valence-corrected chi connectivity index (χ0v) is 25.7. The average Bonchev–Trinajstić information content (AvgIpc) is 3.68. The van der Waals surface area contributed by atoms with Gasteiger partial charge in [-0.2, -0.15) is 0 Å². The van der Waals surface area contributed by atoms with E-state index < -0.39 is 0 Å². The molecule has 6 rings (SSSR count). The summed E-state index contributed by atoms with van der Waals surface area (Å²) >= 11 is 3.28. The number of para-hydroxylation sites is 2. The lowest BCUT2D eigenvalue weighted by molar-refractivity contribution is 0.324. The van der Waals surface area contributed by atoms with Crippen LogP contribution in [0.5, 0.6) is 34.5 Å². The Hall–Kier alpha value is -4.54. The standard InChI is InChI=1S/2C16H15NO3S/c2*1-18-12-8-10(9-13(19-2)15(12)20-3)16-17-11-6-4-5-7-14(11)21-16/h2*4-9H,1-3H3. The van der Waals surface area contributed by atoms with Gasteiger partial charge < -0.3 is 28.4 Å². The van der Waals surface area contributed by atoms with Gasteiger partial charge in [0.15, 0.2) is 23.0 Å². The van der Waals surface area contributed by atoms with Crippen LogP contribution in [0, 0.1) is 0 Å². The van der Waals surface area contributed by atoms with Crippen molar-refractivity contribution in [2.45, 2.75) is 0 Å². The molecule has 8 nitrogen and oxygen atoms in total. The van der Waals surface area contributed by atoms with Crippen molar-refractivity contribution in [1.82, 2.24) is 9.97 Å². The summed E-state index contributed by atoms with van der Waals surface area (Å²) in [7, 11) is 9.63. The van der Waals surface area contributed by atoms with Crippen LogP contribution in [0.4, 0.5) is 0 Å². The molecule has 0 N–H and O–H groups in total. The van der Waals surface area contributed by atoms with Gasteiger partial charge in [0.05, 0.1) is 63.1 Å². The van der Waals surface area contributed by atoms with E-state index in [4.69, 9.17) is 28.4 Å². The Bertz CT molecular complexity index is 1580. The SMILES string of the molecule is COc1cc(-c2nc3ccccc3s2)cc(OC)c1OC.COc1cc(-c2nc3ccccc3s2)cc(OC)c1OC. The summed E-state index contributed by atoms with van der Waals surface area (Å²) in [5, 5.41) is 1.85. The highest BCUT2D eigenvalue weighted by atomic mass is 32.1. The van der Waals surface area contributed by atoms with E-state index in [1.165, 1.54) is 0 Å². The third-order valence-corrected chi connectivity index (χ3v) is 8.58. The molecular weight excluding hydrogens is 572 g/mol. The number of rotatable bonds is 8. The molecule has 0 aliphatic heterocycles. The Labute approximate surface area is 252 Å². The van der Waals surface area contributed by atoms with Crippen LogP contribution in [0.25, 0.3) is 41.6 Å². The molecule has 216 valence electrons. The van der Waals surface area contributed by atoms with Gasteiger partial charge in [-0.3, -0.25) is 0 Å². The molecule has 0 saturated carbocycles. The number of aromatic nitrogens is 2. The van der Waals surface area contributed by atoms with Crippen LogP contribution >= 0.6 is 22.7 Å². The van der Waals surface area contributed by atoms with Gasteiger partial charge in [-0.05, 0) is 48.5 Å². The fraction of sp³-hybridized carbons (Fsp3) is 0.188. The molecule has 0 aliphatic carbocycles. The summed E-state index contributed by atoms with van der Waals surface area (Å²) < 4.78 is 34.5. The van der Waals surface area contributed by atoms with Crippen molar-refractivity contribution >= 4 is 43.1 Å². The van der Waals surface area contributed by atoms with Gasteiger partial charge in [0, 0.05) is 11.1 Å². The number of hydrogen-bond acceptors (Lipinski definition) is 10. The van der Waals surface area contributed by atoms with Gasteiger partial charge in [0.2, 0.25) is 11.5 Å². The van der Waals surface area contributed by atoms with Gasteiger partial charge >= 0.3 is 0 Å². The lowest BCUT2D eigenvalue weighted by Crippen LogP contribution is -1.95. The molecule has 0 aliphatic rings. The first kappa shape index (κ1) is 29.0. The van der Waals surface area contributed by atoms with Crippen LogP contribution in [0.3, 0.4) is 0 Å². The molecule has 0 radical (unpaired) electrons. The monoisotopic (exact) mass is 602 g/mol. The molecule has 10 heteroatoms. The van der Waals surface area contributed by atoms with Crippen molar-refractivity contribution in [3.8, 4) is 55.6 Å². The smallest absolute Gasteiger partial charge is 0.203 e. The fourth-order valence-corrected chi connectivity index (χ4v) is 6.31. The van der Waals surface area contributed by atoms with Crippen molar-refractivity contribution in [3.05, 3.63) is 72.8 Å². The Kier molecular flexibility index (Phi) is 8.94. The first-order valence-electron chi connectivity index (χ1n) is 12.8. The predicted octanol–water partition coefficient (Wildman–Crippen LogP) is 7.98. The molecule has 0 unspecified atom stereocenters. The van der Waals surface area contributed by atoms with E-state index in [-0.39, 0.29) is 0 Å². The first-order valence-corrected chi connectivity index (χ1v) is 14.5. The minimum Gasteiger partial charge on any atom is -0.493 e. The zero-order chi connectivity index (χ0) is 29.6. The molecule has 2 aromatic heterocycles. The maximum atomic E-state index is 5.39. The predicted molar refractivity (Wildman–Crippen MR) is 169 cm³/mol. The van der Waals surface area contributed by atoms with Crippen LogP contribution in [0.15, 0.2) is 72.8 Å². The molecule has 0 atom stereocenters. The van der Waals surface area contributed by atoms with Gasteiger partial charge in [-0.25, -0.2) is 9.97 Å². The topological polar surface area (TPSA) is 81.2 Å². The minimum absolute atomic E-state index is 0.588. The quantitative estimate of drug-likeness (QED) is 0.173. The van der Waals surface area contributed by atoms with E-state index in [2.05, 4.69) is 22.1 Å². The largest absolute Gasteiger partial charge is 0.493 e. The van der Waals surface area contributed by atoms with E-state index >= 15 is 0 Å². The summed E-state index contributed by atoms with van der Waals surface area (Å²) in [5.41, 5.74) is 3.88. The Balaban J connectivity index is 0.000000168. The normalized spacial score (nSPS) is 10.6. The Morgan fingerprint density at radius 1 is 0.452 bits per heavy atom. The van der Waals surface area contributed by atoms with E-state index in [9.17, 15) is 0 Å². The number of thiazole rings is 2. The van der Waals surface area contributed by atoms with E-state index in [0.29, 0.717) is 34.5 Å². The van der Waals surface area contributed by atoms with Crippen LogP contribution in [0.2, 0.25) is 0 Å². The Morgan fingerprint density at radius 3 is 1.07 bits per heavy atom. The summed E-state index contributed by atoms with van der Waals surface area (Å²) in [6, 6.07) is 23.8. The molecule has 0 amide bonds. The van der Waals surface area contributed by atoms with Crippen LogP contribution in [0.1, 0.15) is 0 Å². The van der Waals surface area contributed by atoms with Gasteiger partial charge in [0.1, 0.15) is 10.0 Å². The van der Waals surface area contributed by atoms with Crippen LogP contribution in [-0.4, -0.2) is 52.6 Å². The molecule has 0 saturated heterocycles. The molecule has 6 aromatic rings. The van der Waals surface area contributed by atoms with E-state index in [1.807, 2.05) is 60.7 Å².